The number of hydrogen-bond acceptors (Lipinski definition) is 4. The van der Waals surface area contributed by atoms with Crippen molar-refractivity contribution in [1.82, 2.24) is 10.3 Å². The lowest BCUT2D eigenvalue weighted by atomic mass is 9.99. The summed E-state index contributed by atoms with van der Waals surface area (Å²) < 4.78 is 5.48. The Morgan fingerprint density at radius 1 is 0.935 bits per heavy atom. The van der Waals surface area contributed by atoms with Crippen LogP contribution in [0.1, 0.15) is 24.1 Å². The first-order valence-electron chi connectivity index (χ1n) is 10.1. The SMILES string of the molecule is CCOc1ccc(-c2csc(NC(=O)NC(c3ccccc3)c3ccccc3)n2)cc1. The number of urea groups is 1. The van der Waals surface area contributed by atoms with Gasteiger partial charge in [0.15, 0.2) is 5.13 Å². The molecule has 0 aliphatic carbocycles. The number of benzene rings is 3. The molecule has 0 radical (unpaired) electrons. The van der Waals surface area contributed by atoms with E-state index in [0.717, 1.165) is 28.1 Å². The number of aromatic nitrogens is 1. The fraction of sp³-hybridized carbons (Fsp3) is 0.120. The lowest BCUT2D eigenvalue weighted by molar-refractivity contribution is 0.250. The van der Waals surface area contributed by atoms with Crippen LogP contribution in [0, 0.1) is 0 Å². The van der Waals surface area contributed by atoms with Gasteiger partial charge in [-0.25, -0.2) is 9.78 Å². The number of thiazole rings is 1. The normalized spacial score (nSPS) is 10.6. The zero-order valence-corrected chi connectivity index (χ0v) is 17.9. The molecule has 156 valence electrons. The first kappa shape index (κ1) is 20.6. The molecule has 3 aromatic carbocycles. The second-order valence-electron chi connectivity index (χ2n) is 6.85. The van der Waals surface area contributed by atoms with Gasteiger partial charge in [-0.15, -0.1) is 11.3 Å². The van der Waals surface area contributed by atoms with Gasteiger partial charge in [-0.3, -0.25) is 5.32 Å². The number of anilines is 1. The van der Waals surface area contributed by atoms with E-state index in [1.807, 2.05) is 97.2 Å². The molecule has 31 heavy (non-hydrogen) atoms. The van der Waals surface area contributed by atoms with Gasteiger partial charge >= 0.3 is 6.03 Å². The van der Waals surface area contributed by atoms with Crippen molar-refractivity contribution in [2.45, 2.75) is 13.0 Å². The van der Waals surface area contributed by atoms with E-state index in [1.165, 1.54) is 11.3 Å². The molecule has 0 atom stereocenters. The van der Waals surface area contributed by atoms with Gasteiger partial charge in [-0.05, 0) is 42.3 Å². The molecule has 2 N–H and O–H groups in total. The highest BCUT2D eigenvalue weighted by Crippen LogP contribution is 2.27. The Balaban J connectivity index is 1.46. The molecular formula is C25H23N3O2S. The summed E-state index contributed by atoms with van der Waals surface area (Å²) in [7, 11) is 0. The molecule has 4 aromatic rings. The van der Waals surface area contributed by atoms with E-state index < -0.39 is 0 Å². The Morgan fingerprint density at radius 3 is 2.13 bits per heavy atom. The number of hydrogen-bond donors (Lipinski definition) is 2. The summed E-state index contributed by atoms with van der Waals surface area (Å²) in [6.07, 6.45) is 0. The Morgan fingerprint density at radius 2 is 1.55 bits per heavy atom. The predicted octanol–water partition coefficient (Wildman–Crippen LogP) is 6.12. The van der Waals surface area contributed by atoms with Gasteiger partial charge in [0.25, 0.3) is 0 Å². The first-order chi connectivity index (χ1) is 15.2. The quantitative estimate of drug-likeness (QED) is 0.372. The second kappa shape index (κ2) is 9.91. The largest absolute Gasteiger partial charge is 0.494 e. The van der Waals surface area contributed by atoms with Gasteiger partial charge in [0.2, 0.25) is 0 Å². The highest BCUT2D eigenvalue weighted by Gasteiger charge is 2.17. The molecule has 0 unspecified atom stereocenters. The van der Waals surface area contributed by atoms with Crippen LogP contribution in [-0.4, -0.2) is 17.6 Å². The smallest absolute Gasteiger partial charge is 0.321 e. The van der Waals surface area contributed by atoms with Crippen molar-refractivity contribution in [2.24, 2.45) is 0 Å². The van der Waals surface area contributed by atoms with Gasteiger partial charge in [0.1, 0.15) is 5.75 Å². The summed E-state index contributed by atoms with van der Waals surface area (Å²) in [5.41, 5.74) is 3.81. The summed E-state index contributed by atoms with van der Waals surface area (Å²) in [5.74, 6) is 0.826. The maximum absolute atomic E-state index is 12.8. The maximum Gasteiger partial charge on any atom is 0.321 e. The number of ether oxygens (including phenoxy) is 1. The van der Waals surface area contributed by atoms with Crippen LogP contribution in [0.5, 0.6) is 5.75 Å². The predicted molar refractivity (Wildman–Crippen MR) is 126 cm³/mol. The van der Waals surface area contributed by atoms with Crippen LogP contribution in [0.25, 0.3) is 11.3 Å². The fourth-order valence-corrected chi connectivity index (χ4v) is 3.98. The highest BCUT2D eigenvalue weighted by atomic mass is 32.1. The van der Waals surface area contributed by atoms with Crippen molar-refractivity contribution in [3.8, 4) is 17.0 Å². The molecule has 0 aliphatic rings. The van der Waals surface area contributed by atoms with Crippen LogP contribution in [-0.2, 0) is 0 Å². The molecule has 0 spiro atoms. The van der Waals surface area contributed by atoms with E-state index in [4.69, 9.17) is 4.74 Å². The molecular weight excluding hydrogens is 406 g/mol. The average molecular weight is 430 g/mol. The topological polar surface area (TPSA) is 63.2 Å². The van der Waals surface area contributed by atoms with Crippen molar-refractivity contribution in [3.05, 3.63) is 101 Å². The van der Waals surface area contributed by atoms with Crippen molar-refractivity contribution in [1.29, 1.82) is 0 Å². The maximum atomic E-state index is 12.8. The molecule has 2 amide bonds. The van der Waals surface area contributed by atoms with Crippen molar-refractivity contribution < 1.29 is 9.53 Å². The Bertz CT molecular complexity index is 1070. The van der Waals surface area contributed by atoms with E-state index in [9.17, 15) is 4.79 Å². The number of carbonyl (C=O) groups excluding carboxylic acids is 1. The number of nitrogens with one attached hydrogen (secondary N) is 2. The van der Waals surface area contributed by atoms with Gasteiger partial charge in [0.05, 0.1) is 18.3 Å². The molecule has 0 saturated heterocycles. The summed E-state index contributed by atoms with van der Waals surface area (Å²) in [4.78, 5) is 17.3. The zero-order valence-electron chi connectivity index (χ0n) is 17.1. The highest BCUT2D eigenvalue weighted by molar-refractivity contribution is 7.14. The summed E-state index contributed by atoms with van der Waals surface area (Å²) in [6, 6.07) is 27.0. The lowest BCUT2D eigenvalue weighted by Crippen LogP contribution is -2.33. The van der Waals surface area contributed by atoms with E-state index >= 15 is 0 Å². The second-order valence-corrected chi connectivity index (χ2v) is 7.71. The van der Waals surface area contributed by atoms with Crippen LogP contribution in [0.3, 0.4) is 0 Å². The van der Waals surface area contributed by atoms with Gasteiger partial charge < -0.3 is 10.1 Å². The van der Waals surface area contributed by atoms with Crippen LogP contribution < -0.4 is 15.4 Å². The van der Waals surface area contributed by atoms with Crippen molar-refractivity contribution in [3.63, 3.8) is 0 Å². The van der Waals surface area contributed by atoms with E-state index in [-0.39, 0.29) is 12.1 Å². The Hall–Kier alpha value is -3.64. The van der Waals surface area contributed by atoms with Crippen molar-refractivity contribution in [2.75, 3.05) is 11.9 Å². The summed E-state index contributed by atoms with van der Waals surface area (Å²) >= 11 is 1.39. The monoisotopic (exact) mass is 429 g/mol. The van der Waals surface area contributed by atoms with Crippen LogP contribution in [0.15, 0.2) is 90.3 Å². The van der Waals surface area contributed by atoms with Crippen LogP contribution >= 0.6 is 11.3 Å². The molecule has 0 fully saturated rings. The van der Waals surface area contributed by atoms with Gasteiger partial charge in [0, 0.05) is 10.9 Å². The first-order valence-corrected chi connectivity index (χ1v) is 11.0. The molecule has 5 nitrogen and oxygen atoms in total. The Kier molecular flexibility index (Phi) is 6.59. The Labute approximate surface area is 185 Å². The van der Waals surface area contributed by atoms with E-state index in [1.54, 1.807) is 0 Å². The number of carbonyl (C=O) groups is 1. The minimum Gasteiger partial charge on any atom is -0.494 e. The molecule has 0 saturated carbocycles. The summed E-state index contributed by atoms with van der Waals surface area (Å²) in [6.45, 7) is 2.59. The number of amides is 2. The molecule has 1 heterocycles. The van der Waals surface area contributed by atoms with Gasteiger partial charge in [-0.2, -0.15) is 0 Å². The average Bonchev–Trinajstić information content (AvgIpc) is 3.28. The molecule has 4 rings (SSSR count). The van der Waals surface area contributed by atoms with Gasteiger partial charge in [-0.1, -0.05) is 60.7 Å². The summed E-state index contributed by atoms with van der Waals surface area (Å²) in [5, 5.41) is 8.41. The van der Waals surface area contributed by atoms with Crippen LogP contribution in [0.2, 0.25) is 0 Å². The third-order valence-corrected chi connectivity index (χ3v) is 5.48. The number of nitrogens with zero attached hydrogens (tertiary/aromatic N) is 1. The molecule has 0 aliphatic heterocycles. The van der Waals surface area contributed by atoms with E-state index in [0.29, 0.717) is 11.7 Å². The number of rotatable bonds is 7. The van der Waals surface area contributed by atoms with E-state index in [2.05, 4.69) is 15.6 Å². The molecule has 1 aromatic heterocycles. The third-order valence-electron chi connectivity index (χ3n) is 4.73. The molecule has 6 heteroatoms. The van der Waals surface area contributed by atoms with Crippen molar-refractivity contribution >= 4 is 22.5 Å². The van der Waals surface area contributed by atoms with Crippen LogP contribution in [0.4, 0.5) is 9.93 Å². The minimum absolute atomic E-state index is 0.257. The minimum atomic E-state index is -0.301. The standard InChI is InChI=1S/C25H23N3O2S/c1-2-30-21-15-13-18(14-16-21)22-17-31-25(26-22)28-24(29)27-23(19-9-5-3-6-10-19)20-11-7-4-8-12-20/h3-17,23H,2H2,1H3,(H2,26,27,28,29). The zero-order chi connectivity index (χ0) is 21.5. The third kappa shape index (κ3) is 5.29. The lowest BCUT2D eigenvalue weighted by Gasteiger charge is -2.19. The fourth-order valence-electron chi connectivity index (χ4n) is 3.27. The molecule has 0 bridgehead atoms.